The van der Waals surface area contributed by atoms with E-state index in [0.717, 1.165) is 0 Å². The lowest BCUT2D eigenvalue weighted by molar-refractivity contribution is 0.115. The zero-order valence-corrected chi connectivity index (χ0v) is 4.41. The quantitative estimate of drug-likeness (QED) is 0.483. The van der Waals surface area contributed by atoms with Gasteiger partial charge >= 0.3 is 0 Å². The van der Waals surface area contributed by atoms with Crippen LogP contribution in [0.1, 0.15) is 6.42 Å². The van der Waals surface area contributed by atoms with Crippen LogP contribution in [0.2, 0.25) is 0 Å². The summed E-state index contributed by atoms with van der Waals surface area (Å²) in [6.45, 7) is 0.394. The van der Waals surface area contributed by atoms with Crippen LogP contribution in [0, 0.1) is 4.91 Å². The first-order valence-electron chi connectivity index (χ1n) is 2.52. The van der Waals surface area contributed by atoms with Crippen LogP contribution in [0.3, 0.4) is 0 Å². The molecule has 1 rings (SSSR count). The van der Waals surface area contributed by atoms with E-state index in [1.165, 1.54) is 0 Å². The molecule has 1 saturated heterocycles. The summed E-state index contributed by atoms with van der Waals surface area (Å²) < 4.78 is 4.84. The summed E-state index contributed by atoms with van der Waals surface area (Å²) in [5.74, 6) is 0. The predicted octanol–water partition coefficient (Wildman–Crippen LogP) is -0.174. The molecule has 0 aromatic rings. The van der Waals surface area contributed by atoms with E-state index in [0.29, 0.717) is 13.0 Å². The van der Waals surface area contributed by atoms with Crippen LogP contribution in [0.5, 0.6) is 0 Å². The van der Waals surface area contributed by atoms with Gasteiger partial charge in [-0.25, -0.2) is 0 Å². The molecule has 4 nitrogen and oxygen atoms in total. The summed E-state index contributed by atoms with van der Waals surface area (Å²) >= 11 is 0. The van der Waals surface area contributed by atoms with Gasteiger partial charge < -0.3 is 10.5 Å². The van der Waals surface area contributed by atoms with Crippen molar-refractivity contribution in [2.75, 3.05) is 6.61 Å². The van der Waals surface area contributed by atoms with Crippen LogP contribution in [-0.4, -0.2) is 18.9 Å². The lowest BCUT2D eigenvalue weighted by Gasteiger charge is -1.94. The van der Waals surface area contributed by atoms with E-state index in [4.69, 9.17) is 10.5 Å². The normalized spacial score (nSPS) is 37.6. The summed E-state index contributed by atoms with van der Waals surface area (Å²) in [5, 5.41) is 2.78. The fraction of sp³-hybridized carbons (Fsp3) is 1.00. The third-order valence-electron chi connectivity index (χ3n) is 1.16. The summed E-state index contributed by atoms with van der Waals surface area (Å²) in [6.07, 6.45) is 0.307. The minimum Gasteiger partial charge on any atom is -0.361 e. The highest BCUT2D eigenvalue weighted by Gasteiger charge is 2.22. The molecule has 1 heterocycles. The fourth-order valence-electron chi connectivity index (χ4n) is 0.712. The highest BCUT2D eigenvalue weighted by molar-refractivity contribution is 4.74. The minimum absolute atomic E-state index is 0.204. The molecule has 2 atom stereocenters. The molecule has 8 heavy (non-hydrogen) atoms. The topological polar surface area (TPSA) is 64.7 Å². The molecule has 0 bridgehead atoms. The van der Waals surface area contributed by atoms with Crippen LogP contribution in [0.15, 0.2) is 5.18 Å². The largest absolute Gasteiger partial charge is 0.361 e. The number of rotatable bonds is 1. The van der Waals surface area contributed by atoms with E-state index in [-0.39, 0.29) is 12.3 Å². The Balaban J connectivity index is 2.32. The monoisotopic (exact) mass is 116 g/mol. The zero-order chi connectivity index (χ0) is 5.98. The molecule has 46 valence electrons. The van der Waals surface area contributed by atoms with Gasteiger partial charge in [0, 0.05) is 6.42 Å². The molecule has 1 aliphatic heterocycles. The van der Waals surface area contributed by atoms with Crippen molar-refractivity contribution in [1.29, 1.82) is 0 Å². The third kappa shape index (κ3) is 1.02. The van der Waals surface area contributed by atoms with Gasteiger partial charge in [0.25, 0.3) is 0 Å². The average Bonchev–Trinajstić information content (AvgIpc) is 2.14. The van der Waals surface area contributed by atoms with Crippen molar-refractivity contribution < 1.29 is 4.74 Å². The van der Waals surface area contributed by atoms with Crippen molar-refractivity contribution in [2.24, 2.45) is 10.9 Å². The Kier molecular flexibility index (Phi) is 1.55. The number of hydrogen-bond acceptors (Lipinski definition) is 4. The fourth-order valence-corrected chi connectivity index (χ4v) is 0.712. The maximum atomic E-state index is 9.77. The SMILES string of the molecule is N[C@H]1CC(N=O)CO1. The van der Waals surface area contributed by atoms with E-state index in [1.54, 1.807) is 0 Å². The van der Waals surface area contributed by atoms with Crippen LogP contribution in [0.4, 0.5) is 0 Å². The summed E-state index contributed by atoms with van der Waals surface area (Å²) in [7, 11) is 0. The second-order valence-corrected chi connectivity index (χ2v) is 1.87. The summed E-state index contributed by atoms with van der Waals surface area (Å²) in [6, 6.07) is -0.204. The van der Waals surface area contributed by atoms with Gasteiger partial charge in [-0.15, -0.1) is 0 Å². The van der Waals surface area contributed by atoms with Gasteiger partial charge in [-0.05, 0) is 0 Å². The molecular weight excluding hydrogens is 108 g/mol. The smallest absolute Gasteiger partial charge is 0.119 e. The second-order valence-electron chi connectivity index (χ2n) is 1.87. The summed E-state index contributed by atoms with van der Waals surface area (Å²) in [5.41, 5.74) is 5.28. The van der Waals surface area contributed by atoms with Crippen molar-refractivity contribution in [1.82, 2.24) is 0 Å². The molecule has 0 aromatic heterocycles. The first-order chi connectivity index (χ1) is 3.83. The van der Waals surface area contributed by atoms with Crippen LogP contribution in [-0.2, 0) is 4.74 Å². The van der Waals surface area contributed by atoms with Crippen molar-refractivity contribution in [3.8, 4) is 0 Å². The molecular formula is C4H8N2O2. The van der Waals surface area contributed by atoms with E-state index < -0.39 is 0 Å². The van der Waals surface area contributed by atoms with Crippen molar-refractivity contribution in [3.63, 3.8) is 0 Å². The van der Waals surface area contributed by atoms with Gasteiger partial charge in [0.1, 0.15) is 12.3 Å². The number of ether oxygens (including phenoxy) is 1. The minimum atomic E-state index is -0.266. The lowest BCUT2D eigenvalue weighted by atomic mass is 10.3. The highest BCUT2D eigenvalue weighted by Crippen LogP contribution is 2.10. The van der Waals surface area contributed by atoms with Gasteiger partial charge in [-0.2, -0.15) is 4.91 Å². The Hall–Kier alpha value is -0.480. The molecule has 0 aromatic carbocycles. The summed E-state index contributed by atoms with van der Waals surface area (Å²) in [4.78, 5) is 9.77. The molecule has 1 fully saturated rings. The predicted molar refractivity (Wildman–Crippen MR) is 28.1 cm³/mol. The Morgan fingerprint density at radius 2 is 2.50 bits per heavy atom. The van der Waals surface area contributed by atoms with Gasteiger partial charge in [-0.1, -0.05) is 5.18 Å². The van der Waals surface area contributed by atoms with Gasteiger partial charge in [0.2, 0.25) is 0 Å². The maximum absolute atomic E-state index is 9.77. The molecule has 4 heteroatoms. The molecule has 0 aliphatic carbocycles. The molecule has 0 saturated carbocycles. The highest BCUT2D eigenvalue weighted by atomic mass is 16.5. The van der Waals surface area contributed by atoms with Gasteiger partial charge in [-0.3, -0.25) is 0 Å². The van der Waals surface area contributed by atoms with Gasteiger partial charge in [0.05, 0.1) is 6.61 Å². The Labute approximate surface area is 47.0 Å². The van der Waals surface area contributed by atoms with E-state index >= 15 is 0 Å². The maximum Gasteiger partial charge on any atom is 0.119 e. The molecule has 1 unspecified atom stereocenters. The standard InChI is InChI=1S/C4H8N2O2/c5-4-1-3(6-7)2-8-4/h3-4H,1-2,5H2/t3?,4-/m1/s1. The van der Waals surface area contributed by atoms with Crippen molar-refractivity contribution >= 4 is 0 Å². The Morgan fingerprint density at radius 1 is 1.75 bits per heavy atom. The van der Waals surface area contributed by atoms with E-state index in [9.17, 15) is 4.91 Å². The van der Waals surface area contributed by atoms with Crippen LogP contribution in [0.25, 0.3) is 0 Å². The average molecular weight is 116 g/mol. The second kappa shape index (κ2) is 2.19. The molecule has 0 radical (unpaired) electrons. The van der Waals surface area contributed by atoms with Crippen molar-refractivity contribution in [3.05, 3.63) is 4.91 Å². The van der Waals surface area contributed by atoms with Crippen LogP contribution >= 0.6 is 0 Å². The van der Waals surface area contributed by atoms with E-state index in [1.807, 2.05) is 0 Å². The molecule has 1 aliphatic rings. The molecule has 0 amide bonds. The number of nitroso groups, excluding NO2 is 1. The number of nitrogens with zero attached hydrogens (tertiary/aromatic N) is 1. The number of hydrogen-bond donors (Lipinski definition) is 1. The van der Waals surface area contributed by atoms with E-state index in [2.05, 4.69) is 5.18 Å². The van der Waals surface area contributed by atoms with Gasteiger partial charge in [0.15, 0.2) is 0 Å². The first-order valence-corrected chi connectivity index (χ1v) is 2.52. The lowest BCUT2D eigenvalue weighted by Crippen LogP contribution is -2.17. The third-order valence-corrected chi connectivity index (χ3v) is 1.16. The Morgan fingerprint density at radius 3 is 2.75 bits per heavy atom. The Bertz CT molecular complexity index is 96.0. The molecule has 0 spiro atoms. The van der Waals surface area contributed by atoms with Crippen molar-refractivity contribution in [2.45, 2.75) is 18.7 Å². The first kappa shape index (κ1) is 5.65. The molecule has 2 N–H and O–H groups in total. The van der Waals surface area contributed by atoms with Crippen LogP contribution < -0.4 is 5.73 Å². The number of nitrogens with two attached hydrogens (primary N) is 1. The zero-order valence-electron chi connectivity index (χ0n) is 4.41.